The molecule has 0 saturated carbocycles. The first kappa shape index (κ1) is 22.5. The van der Waals surface area contributed by atoms with Crippen molar-refractivity contribution in [3.05, 3.63) is 41.5 Å². The van der Waals surface area contributed by atoms with Crippen LogP contribution in [-0.4, -0.2) is 22.2 Å². The molecule has 0 radical (unpaired) electrons. The highest BCUT2D eigenvalue weighted by atomic mass is 32.1. The number of aromatic nitrogens is 1. The van der Waals surface area contributed by atoms with Crippen LogP contribution < -0.4 is 0 Å². The summed E-state index contributed by atoms with van der Waals surface area (Å²) in [4.78, 5) is 15.3. The van der Waals surface area contributed by atoms with E-state index in [-0.39, 0.29) is 12.0 Å². The van der Waals surface area contributed by atoms with Gasteiger partial charge in [0.05, 0.1) is 11.1 Å². The van der Waals surface area contributed by atoms with E-state index in [1.807, 2.05) is 18.2 Å². The Bertz CT molecular complexity index is 1030. The van der Waals surface area contributed by atoms with E-state index in [9.17, 15) is 23.1 Å². The quantitative estimate of drug-likeness (QED) is 0.227. The lowest BCUT2D eigenvalue weighted by molar-refractivity contribution is -0.135. The van der Waals surface area contributed by atoms with E-state index in [4.69, 9.17) is 0 Å². The molecule has 0 amide bonds. The number of nitrogens with one attached hydrogen (secondary N) is 1. The van der Waals surface area contributed by atoms with Crippen LogP contribution in [0.25, 0.3) is 21.8 Å². The molecule has 3 rings (SSSR count). The highest BCUT2D eigenvalue weighted by Gasteiger charge is 2.25. The van der Waals surface area contributed by atoms with Gasteiger partial charge in [-0.15, -0.1) is 12.6 Å². The van der Waals surface area contributed by atoms with Crippen molar-refractivity contribution in [1.82, 2.24) is 4.98 Å². The number of thiol groups is 1. The fraction of sp³-hybridized carbons (Fsp3) is 0.435. The molecular weight excluding hydrogens is 411 g/mol. The summed E-state index contributed by atoms with van der Waals surface area (Å²) in [6, 6.07) is 9.62. The van der Waals surface area contributed by atoms with Crippen molar-refractivity contribution in [1.29, 1.82) is 0 Å². The lowest BCUT2D eigenvalue weighted by Crippen LogP contribution is -2.06. The first-order valence-corrected chi connectivity index (χ1v) is 10.8. The Balaban J connectivity index is 1.58. The zero-order valence-electron chi connectivity index (χ0n) is 16.7. The third-order valence-corrected chi connectivity index (χ3v) is 5.86. The maximum atomic E-state index is 12.1. The van der Waals surface area contributed by atoms with E-state index in [0.29, 0.717) is 16.8 Å². The number of rotatable bonds is 10. The number of aromatic amines is 1. The number of benzene rings is 2. The first-order chi connectivity index (χ1) is 14.3. The van der Waals surface area contributed by atoms with Crippen molar-refractivity contribution in [3.8, 4) is 0 Å². The van der Waals surface area contributed by atoms with Gasteiger partial charge in [-0.05, 0) is 37.0 Å². The van der Waals surface area contributed by atoms with Gasteiger partial charge in [-0.25, -0.2) is 4.79 Å². The van der Waals surface area contributed by atoms with Gasteiger partial charge >= 0.3 is 12.1 Å². The number of unbranched alkanes of at least 4 members (excludes halogenated alkanes) is 6. The first-order valence-electron chi connectivity index (χ1n) is 10.3. The van der Waals surface area contributed by atoms with Crippen LogP contribution in [-0.2, 0) is 6.42 Å². The summed E-state index contributed by atoms with van der Waals surface area (Å²) in [5.41, 5.74) is 2.86. The third-order valence-electron chi connectivity index (χ3n) is 5.48. The minimum atomic E-state index is -4.04. The molecule has 2 N–H and O–H groups in total. The Morgan fingerprint density at radius 2 is 1.63 bits per heavy atom. The van der Waals surface area contributed by atoms with Crippen LogP contribution in [0.15, 0.2) is 35.2 Å². The summed E-state index contributed by atoms with van der Waals surface area (Å²) in [6.07, 6.45) is 1.85. The smallest absolute Gasteiger partial charge is 0.389 e. The van der Waals surface area contributed by atoms with Gasteiger partial charge in [0.2, 0.25) is 0 Å². The molecule has 3 nitrogen and oxygen atoms in total. The molecule has 0 spiro atoms. The van der Waals surface area contributed by atoms with Crippen molar-refractivity contribution in [3.63, 3.8) is 0 Å². The summed E-state index contributed by atoms with van der Waals surface area (Å²) in [5.74, 6) is -1.01. The van der Waals surface area contributed by atoms with E-state index in [2.05, 4.69) is 23.7 Å². The Hall–Kier alpha value is -2.15. The summed E-state index contributed by atoms with van der Waals surface area (Å²) in [7, 11) is 0. The molecule has 0 bridgehead atoms. The number of carboxylic acid groups (broad SMARTS) is 1. The van der Waals surface area contributed by atoms with Crippen LogP contribution in [0.1, 0.15) is 67.3 Å². The predicted molar refractivity (Wildman–Crippen MR) is 117 cm³/mol. The van der Waals surface area contributed by atoms with Crippen LogP contribution in [0.3, 0.4) is 0 Å². The summed E-state index contributed by atoms with van der Waals surface area (Å²) in [5, 5.41) is 11.5. The number of halogens is 3. The van der Waals surface area contributed by atoms with E-state index >= 15 is 0 Å². The number of fused-ring (bicyclic) bond motifs is 3. The molecule has 0 saturated heterocycles. The monoisotopic (exact) mass is 437 g/mol. The summed E-state index contributed by atoms with van der Waals surface area (Å²) < 4.78 is 36.4. The van der Waals surface area contributed by atoms with E-state index in [1.54, 1.807) is 6.07 Å². The number of carbonyl (C=O) groups is 1. The second-order valence-corrected chi connectivity index (χ2v) is 8.22. The predicted octanol–water partition coefficient (Wildman–Crippen LogP) is 7.53. The van der Waals surface area contributed by atoms with Gasteiger partial charge in [0.1, 0.15) is 0 Å². The zero-order chi connectivity index (χ0) is 21.7. The Morgan fingerprint density at radius 3 is 2.30 bits per heavy atom. The molecule has 0 aliphatic heterocycles. The Kier molecular flexibility index (Phi) is 7.34. The summed E-state index contributed by atoms with van der Waals surface area (Å²) >= 11 is 4.29. The molecule has 3 aromatic rings. The molecule has 2 aromatic carbocycles. The van der Waals surface area contributed by atoms with Gasteiger partial charge in [-0.3, -0.25) is 0 Å². The SMILES string of the molecule is O=C(O)c1c(S)ccc2c1[nH]c1cccc(CCCCCCCCCC(F)(F)F)c12. The molecule has 1 heterocycles. The van der Waals surface area contributed by atoms with Crippen LogP contribution in [0.5, 0.6) is 0 Å². The van der Waals surface area contributed by atoms with Gasteiger partial charge < -0.3 is 10.1 Å². The standard InChI is InChI=1S/C23H26F3NO2S/c24-23(25,26)14-7-5-3-1-2-4-6-9-15-10-8-11-17-19(15)16-12-13-18(30)20(22(28)29)21(16)27-17/h8,10-13,27,30H,1-7,9,14H2,(H,28,29). The van der Waals surface area contributed by atoms with Crippen molar-refractivity contribution in [2.24, 2.45) is 0 Å². The maximum Gasteiger partial charge on any atom is 0.389 e. The fourth-order valence-electron chi connectivity index (χ4n) is 4.04. The van der Waals surface area contributed by atoms with Gasteiger partial charge in [0.15, 0.2) is 0 Å². The third kappa shape index (κ3) is 5.50. The molecular formula is C23H26F3NO2S. The number of aryl methyl sites for hydroxylation is 1. The number of aromatic carboxylic acids is 1. The van der Waals surface area contributed by atoms with Crippen molar-refractivity contribution in [2.75, 3.05) is 0 Å². The molecule has 1 aromatic heterocycles. The van der Waals surface area contributed by atoms with Gasteiger partial charge in [0.25, 0.3) is 0 Å². The molecule has 0 aliphatic carbocycles. The van der Waals surface area contributed by atoms with Gasteiger partial charge in [-0.1, -0.05) is 50.3 Å². The number of alkyl halides is 3. The lowest BCUT2D eigenvalue weighted by Gasteiger charge is -2.06. The van der Waals surface area contributed by atoms with Crippen molar-refractivity contribution < 1.29 is 23.1 Å². The van der Waals surface area contributed by atoms with Crippen LogP contribution >= 0.6 is 12.6 Å². The van der Waals surface area contributed by atoms with E-state index in [1.165, 1.54) is 5.56 Å². The average Bonchev–Trinajstić information content (AvgIpc) is 3.04. The molecule has 162 valence electrons. The van der Waals surface area contributed by atoms with Crippen LogP contribution in [0, 0.1) is 0 Å². The molecule has 30 heavy (non-hydrogen) atoms. The molecule has 7 heteroatoms. The lowest BCUT2D eigenvalue weighted by atomic mass is 9.99. The second kappa shape index (κ2) is 9.77. The minimum Gasteiger partial charge on any atom is -0.478 e. The normalized spacial score (nSPS) is 12.1. The number of H-pyrrole nitrogens is 1. The van der Waals surface area contributed by atoms with Gasteiger partial charge in [0, 0.05) is 27.6 Å². The Morgan fingerprint density at radius 1 is 0.967 bits per heavy atom. The molecule has 0 fully saturated rings. The minimum absolute atomic E-state index is 0.184. The Labute approximate surface area is 179 Å². The van der Waals surface area contributed by atoms with Gasteiger partial charge in [-0.2, -0.15) is 13.2 Å². The fourth-order valence-corrected chi connectivity index (χ4v) is 4.32. The van der Waals surface area contributed by atoms with Crippen LogP contribution in [0.2, 0.25) is 0 Å². The molecule has 0 atom stereocenters. The highest BCUT2D eigenvalue weighted by Crippen LogP contribution is 2.33. The average molecular weight is 438 g/mol. The molecule has 0 aliphatic rings. The highest BCUT2D eigenvalue weighted by molar-refractivity contribution is 7.80. The second-order valence-electron chi connectivity index (χ2n) is 7.74. The number of carboxylic acids is 1. The zero-order valence-corrected chi connectivity index (χ0v) is 17.6. The topological polar surface area (TPSA) is 53.1 Å². The maximum absolute atomic E-state index is 12.1. The number of hydrogen-bond acceptors (Lipinski definition) is 2. The van der Waals surface area contributed by atoms with Crippen LogP contribution in [0.4, 0.5) is 13.2 Å². The summed E-state index contributed by atoms with van der Waals surface area (Å²) in [6.45, 7) is 0. The van der Waals surface area contributed by atoms with E-state index in [0.717, 1.165) is 54.8 Å². The molecule has 0 unspecified atom stereocenters. The van der Waals surface area contributed by atoms with E-state index < -0.39 is 18.6 Å². The number of hydrogen-bond donors (Lipinski definition) is 3. The largest absolute Gasteiger partial charge is 0.478 e. The van der Waals surface area contributed by atoms with Crippen molar-refractivity contribution >= 4 is 40.4 Å². The van der Waals surface area contributed by atoms with Crippen molar-refractivity contribution in [2.45, 2.75) is 68.9 Å².